The molecular formula is C14H32O6. The van der Waals surface area contributed by atoms with Gasteiger partial charge in [-0.3, -0.25) is 0 Å². The minimum absolute atomic E-state index is 0.0278. The van der Waals surface area contributed by atoms with Crippen LogP contribution in [0, 0.1) is 5.41 Å². The number of hydrogen-bond donors (Lipinski definition) is 2. The third-order valence-electron chi connectivity index (χ3n) is 1.81. The molecule has 0 aliphatic rings. The van der Waals surface area contributed by atoms with E-state index >= 15 is 0 Å². The van der Waals surface area contributed by atoms with E-state index in [1.807, 2.05) is 0 Å². The van der Waals surface area contributed by atoms with Gasteiger partial charge in [-0.05, 0) is 5.41 Å². The third-order valence-corrected chi connectivity index (χ3v) is 1.81. The smallest absolute Gasteiger partial charge is 0.0701 e. The molecule has 6 nitrogen and oxygen atoms in total. The SMILES string of the molecule is COCCOCCOCC(C)(C)C.OCCOCCO. The highest BCUT2D eigenvalue weighted by atomic mass is 16.5. The fourth-order valence-corrected chi connectivity index (χ4v) is 0.972. The highest BCUT2D eigenvalue weighted by Crippen LogP contribution is 2.12. The van der Waals surface area contributed by atoms with Gasteiger partial charge in [-0.15, -0.1) is 0 Å². The molecule has 0 aromatic carbocycles. The summed E-state index contributed by atoms with van der Waals surface area (Å²) in [4.78, 5) is 0. The van der Waals surface area contributed by atoms with Crippen molar-refractivity contribution in [2.45, 2.75) is 20.8 Å². The summed E-state index contributed by atoms with van der Waals surface area (Å²) in [6, 6.07) is 0. The summed E-state index contributed by atoms with van der Waals surface area (Å²) in [6.07, 6.45) is 0. The van der Waals surface area contributed by atoms with E-state index < -0.39 is 0 Å². The van der Waals surface area contributed by atoms with Crippen LogP contribution in [0.15, 0.2) is 0 Å². The van der Waals surface area contributed by atoms with E-state index in [0.29, 0.717) is 39.6 Å². The lowest BCUT2D eigenvalue weighted by Gasteiger charge is -2.17. The summed E-state index contributed by atoms with van der Waals surface area (Å²) < 4.78 is 20.1. The molecule has 0 rings (SSSR count). The minimum atomic E-state index is 0.0278. The van der Waals surface area contributed by atoms with Crippen molar-refractivity contribution in [1.82, 2.24) is 0 Å². The molecular weight excluding hydrogens is 264 g/mol. The fraction of sp³-hybridized carbons (Fsp3) is 1.00. The first-order chi connectivity index (χ1) is 9.47. The monoisotopic (exact) mass is 296 g/mol. The van der Waals surface area contributed by atoms with Gasteiger partial charge in [0, 0.05) is 7.11 Å². The van der Waals surface area contributed by atoms with Crippen LogP contribution in [0.25, 0.3) is 0 Å². The first-order valence-corrected chi connectivity index (χ1v) is 6.91. The molecule has 0 bridgehead atoms. The maximum Gasteiger partial charge on any atom is 0.0701 e. The van der Waals surface area contributed by atoms with Gasteiger partial charge in [0.25, 0.3) is 0 Å². The number of aliphatic hydroxyl groups excluding tert-OH is 2. The standard InChI is InChI=1S/C10H22O3.C4H10O3/c1-10(2,3)9-13-8-7-12-6-5-11-4;5-1-3-7-4-2-6/h5-9H2,1-4H3;5-6H,1-4H2. The van der Waals surface area contributed by atoms with Crippen molar-refractivity contribution in [2.75, 3.05) is 66.6 Å². The lowest BCUT2D eigenvalue weighted by molar-refractivity contribution is 0.00574. The van der Waals surface area contributed by atoms with Crippen LogP contribution >= 0.6 is 0 Å². The average Bonchev–Trinajstić information content (AvgIpc) is 2.38. The molecule has 0 saturated carbocycles. The molecule has 0 radical (unpaired) electrons. The Hall–Kier alpha value is -0.240. The summed E-state index contributed by atoms with van der Waals surface area (Å²) >= 11 is 0. The van der Waals surface area contributed by atoms with Gasteiger partial charge in [-0.2, -0.15) is 0 Å². The third kappa shape index (κ3) is 26.3. The van der Waals surface area contributed by atoms with Gasteiger partial charge < -0.3 is 29.2 Å². The molecule has 2 N–H and O–H groups in total. The second-order valence-corrected chi connectivity index (χ2v) is 5.28. The second-order valence-electron chi connectivity index (χ2n) is 5.28. The first kappa shape index (κ1) is 22.0. The Labute approximate surface area is 123 Å². The van der Waals surface area contributed by atoms with Crippen LogP contribution in [0.2, 0.25) is 0 Å². The molecule has 0 saturated heterocycles. The quantitative estimate of drug-likeness (QED) is 0.547. The molecule has 6 heteroatoms. The molecule has 20 heavy (non-hydrogen) atoms. The van der Waals surface area contributed by atoms with Crippen LogP contribution in [0.5, 0.6) is 0 Å². The van der Waals surface area contributed by atoms with Gasteiger partial charge in [-0.1, -0.05) is 20.8 Å². The average molecular weight is 296 g/mol. The topological polar surface area (TPSA) is 77.4 Å². The Balaban J connectivity index is 0. The van der Waals surface area contributed by atoms with Gasteiger partial charge in [0.15, 0.2) is 0 Å². The highest BCUT2D eigenvalue weighted by Gasteiger charge is 2.09. The Morgan fingerprint density at radius 1 is 0.700 bits per heavy atom. The number of methoxy groups -OCH3 is 1. The molecule has 0 unspecified atom stereocenters. The number of aliphatic hydroxyl groups is 2. The van der Waals surface area contributed by atoms with E-state index in [1.165, 1.54) is 0 Å². The molecule has 0 fully saturated rings. The molecule has 0 spiro atoms. The van der Waals surface area contributed by atoms with Crippen molar-refractivity contribution in [2.24, 2.45) is 5.41 Å². The van der Waals surface area contributed by atoms with E-state index in [1.54, 1.807) is 7.11 Å². The lowest BCUT2D eigenvalue weighted by Crippen LogP contribution is -2.17. The molecule has 124 valence electrons. The van der Waals surface area contributed by atoms with E-state index in [-0.39, 0.29) is 18.6 Å². The van der Waals surface area contributed by atoms with Gasteiger partial charge in [0.05, 0.1) is 59.5 Å². The van der Waals surface area contributed by atoms with Crippen molar-refractivity contribution < 1.29 is 29.2 Å². The zero-order valence-electron chi connectivity index (χ0n) is 13.4. The molecule has 0 amide bonds. The van der Waals surface area contributed by atoms with Crippen LogP contribution < -0.4 is 0 Å². The van der Waals surface area contributed by atoms with Gasteiger partial charge in [0.2, 0.25) is 0 Å². The van der Waals surface area contributed by atoms with E-state index in [0.717, 1.165) is 6.61 Å². The predicted octanol–water partition coefficient (Wildman–Crippen LogP) is 0.700. The first-order valence-electron chi connectivity index (χ1n) is 6.91. The number of ether oxygens (including phenoxy) is 4. The van der Waals surface area contributed by atoms with Crippen molar-refractivity contribution in [3.05, 3.63) is 0 Å². The summed E-state index contributed by atoms with van der Waals surface area (Å²) in [5.74, 6) is 0. The van der Waals surface area contributed by atoms with E-state index in [2.05, 4.69) is 25.5 Å². The normalized spacial score (nSPS) is 11.1. The summed E-state index contributed by atoms with van der Waals surface area (Å²) in [7, 11) is 1.67. The maximum absolute atomic E-state index is 8.09. The Morgan fingerprint density at radius 2 is 1.15 bits per heavy atom. The summed E-state index contributed by atoms with van der Waals surface area (Å²) in [5, 5.41) is 16.2. The van der Waals surface area contributed by atoms with E-state index in [9.17, 15) is 0 Å². The van der Waals surface area contributed by atoms with Crippen molar-refractivity contribution in [1.29, 1.82) is 0 Å². The Morgan fingerprint density at radius 3 is 1.60 bits per heavy atom. The zero-order chi connectivity index (χ0) is 15.7. The van der Waals surface area contributed by atoms with Gasteiger partial charge in [0.1, 0.15) is 0 Å². The van der Waals surface area contributed by atoms with Crippen LogP contribution in [0.4, 0.5) is 0 Å². The molecule has 0 aliphatic heterocycles. The van der Waals surface area contributed by atoms with Crippen molar-refractivity contribution in [3.8, 4) is 0 Å². The minimum Gasteiger partial charge on any atom is -0.394 e. The van der Waals surface area contributed by atoms with Crippen molar-refractivity contribution >= 4 is 0 Å². The maximum atomic E-state index is 8.09. The molecule has 0 atom stereocenters. The van der Waals surface area contributed by atoms with Crippen LogP contribution in [-0.2, 0) is 18.9 Å². The highest BCUT2D eigenvalue weighted by molar-refractivity contribution is 4.58. The van der Waals surface area contributed by atoms with Gasteiger partial charge in [-0.25, -0.2) is 0 Å². The van der Waals surface area contributed by atoms with Gasteiger partial charge >= 0.3 is 0 Å². The molecule has 0 aromatic heterocycles. The summed E-state index contributed by atoms with van der Waals surface area (Å²) in [6.45, 7) is 10.5. The second kappa shape index (κ2) is 16.8. The summed E-state index contributed by atoms with van der Waals surface area (Å²) in [5.41, 5.74) is 0.243. The molecule has 0 heterocycles. The van der Waals surface area contributed by atoms with Crippen LogP contribution in [-0.4, -0.2) is 76.8 Å². The van der Waals surface area contributed by atoms with E-state index in [4.69, 9.17) is 24.4 Å². The number of hydrogen-bond acceptors (Lipinski definition) is 6. The molecule has 0 aromatic rings. The van der Waals surface area contributed by atoms with Crippen LogP contribution in [0.3, 0.4) is 0 Å². The Kier molecular flexibility index (Phi) is 18.5. The van der Waals surface area contributed by atoms with Crippen LogP contribution in [0.1, 0.15) is 20.8 Å². The fourth-order valence-electron chi connectivity index (χ4n) is 0.972. The lowest BCUT2D eigenvalue weighted by atomic mass is 9.99. The Bertz CT molecular complexity index is 166. The number of rotatable bonds is 11. The largest absolute Gasteiger partial charge is 0.394 e. The predicted molar refractivity (Wildman–Crippen MR) is 78.0 cm³/mol. The molecule has 0 aliphatic carbocycles. The zero-order valence-corrected chi connectivity index (χ0v) is 13.4. The van der Waals surface area contributed by atoms with Crippen molar-refractivity contribution in [3.63, 3.8) is 0 Å².